The normalized spacial score (nSPS) is 19.7. The molecule has 2 aromatic rings. The van der Waals surface area contributed by atoms with E-state index in [0.717, 1.165) is 43.3 Å². The minimum Gasteiger partial charge on any atom is -0.322 e. The number of carbonyl (C=O) groups is 1. The molecule has 2 aromatic carbocycles. The van der Waals surface area contributed by atoms with E-state index in [9.17, 15) is 9.18 Å². The Labute approximate surface area is 173 Å². The molecule has 1 aliphatic heterocycles. The number of rotatable bonds is 6. The summed E-state index contributed by atoms with van der Waals surface area (Å²) in [4.78, 5) is 14.8. The third kappa shape index (κ3) is 5.75. The van der Waals surface area contributed by atoms with Crippen LogP contribution in [0.4, 0.5) is 4.39 Å². The highest BCUT2D eigenvalue weighted by Crippen LogP contribution is 2.16. The SMILES string of the molecule is O=C(C[NH+]1CC[NH+](Cc2ccccc2Cl)CC1)NN=Cc1c(F)cccc1Cl. The maximum atomic E-state index is 13.7. The van der Waals surface area contributed by atoms with Gasteiger partial charge in [0, 0.05) is 16.1 Å². The van der Waals surface area contributed by atoms with Crippen LogP contribution in [0.25, 0.3) is 0 Å². The van der Waals surface area contributed by atoms with E-state index < -0.39 is 5.82 Å². The van der Waals surface area contributed by atoms with Crippen LogP contribution < -0.4 is 15.2 Å². The van der Waals surface area contributed by atoms with Gasteiger partial charge in [0.25, 0.3) is 5.91 Å². The van der Waals surface area contributed by atoms with Gasteiger partial charge >= 0.3 is 0 Å². The number of nitrogens with one attached hydrogen (secondary N) is 3. The summed E-state index contributed by atoms with van der Waals surface area (Å²) in [5.74, 6) is -0.679. The summed E-state index contributed by atoms with van der Waals surface area (Å²) in [6.45, 7) is 4.98. The molecule has 0 aliphatic carbocycles. The van der Waals surface area contributed by atoms with E-state index >= 15 is 0 Å². The molecule has 1 fully saturated rings. The van der Waals surface area contributed by atoms with Gasteiger partial charge < -0.3 is 9.80 Å². The van der Waals surface area contributed by atoms with Crippen molar-refractivity contribution in [3.8, 4) is 0 Å². The highest BCUT2D eigenvalue weighted by molar-refractivity contribution is 6.33. The number of hydrazone groups is 1. The summed E-state index contributed by atoms with van der Waals surface area (Å²) in [5, 5.41) is 4.88. The largest absolute Gasteiger partial charge is 0.322 e. The molecule has 0 unspecified atom stereocenters. The fourth-order valence-corrected chi connectivity index (χ4v) is 3.71. The van der Waals surface area contributed by atoms with Gasteiger partial charge in [-0.25, -0.2) is 9.82 Å². The van der Waals surface area contributed by atoms with E-state index in [2.05, 4.69) is 16.6 Å². The molecule has 1 heterocycles. The van der Waals surface area contributed by atoms with Crippen molar-refractivity contribution in [1.82, 2.24) is 5.43 Å². The van der Waals surface area contributed by atoms with E-state index in [1.165, 1.54) is 28.1 Å². The molecular formula is C20H23Cl2FN4O+2. The zero-order valence-electron chi connectivity index (χ0n) is 15.4. The minimum atomic E-state index is -0.478. The molecule has 0 spiro atoms. The summed E-state index contributed by atoms with van der Waals surface area (Å²) in [6.07, 6.45) is 1.23. The Morgan fingerprint density at radius 3 is 2.43 bits per heavy atom. The van der Waals surface area contributed by atoms with Crippen molar-refractivity contribution < 1.29 is 19.0 Å². The third-order valence-electron chi connectivity index (χ3n) is 4.86. The van der Waals surface area contributed by atoms with Crippen LogP contribution in [0.3, 0.4) is 0 Å². The number of hydrogen-bond donors (Lipinski definition) is 3. The molecule has 8 heteroatoms. The zero-order chi connectivity index (χ0) is 19.9. The fourth-order valence-electron chi connectivity index (χ4n) is 3.29. The summed E-state index contributed by atoms with van der Waals surface area (Å²) in [5.41, 5.74) is 3.77. The smallest absolute Gasteiger partial charge is 0.295 e. The zero-order valence-corrected chi connectivity index (χ0v) is 16.9. The van der Waals surface area contributed by atoms with E-state index in [-0.39, 0.29) is 16.5 Å². The quantitative estimate of drug-likeness (QED) is 0.460. The average Bonchev–Trinajstić information content (AvgIpc) is 2.67. The summed E-state index contributed by atoms with van der Waals surface area (Å²) >= 11 is 12.2. The number of carbonyl (C=O) groups excluding carboxylic acids is 1. The lowest BCUT2D eigenvalue weighted by molar-refractivity contribution is -1.02. The lowest BCUT2D eigenvalue weighted by Crippen LogP contribution is -3.28. The van der Waals surface area contributed by atoms with E-state index in [1.807, 2.05) is 18.2 Å². The fraction of sp³-hybridized carbons (Fsp3) is 0.300. The first-order valence-corrected chi connectivity index (χ1v) is 9.95. The van der Waals surface area contributed by atoms with Crippen LogP contribution in [0.1, 0.15) is 11.1 Å². The van der Waals surface area contributed by atoms with Gasteiger partial charge in [-0.2, -0.15) is 5.10 Å². The molecule has 0 bridgehead atoms. The van der Waals surface area contributed by atoms with Gasteiger partial charge in [-0.05, 0) is 18.2 Å². The molecule has 1 amide bonds. The Balaban J connectivity index is 1.42. The monoisotopic (exact) mass is 424 g/mol. The highest BCUT2D eigenvalue weighted by atomic mass is 35.5. The second-order valence-electron chi connectivity index (χ2n) is 6.87. The van der Waals surface area contributed by atoms with Crippen LogP contribution in [0, 0.1) is 5.82 Å². The highest BCUT2D eigenvalue weighted by Gasteiger charge is 2.25. The van der Waals surface area contributed by atoms with Gasteiger partial charge in [0.15, 0.2) is 6.54 Å². The molecular weight excluding hydrogens is 402 g/mol. The van der Waals surface area contributed by atoms with Crippen molar-refractivity contribution in [1.29, 1.82) is 0 Å². The molecule has 0 atom stereocenters. The van der Waals surface area contributed by atoms with Gasteiger partial charge in [0.2, 0.25) is 0 Å². The number of hydrogen-bond acceptors (Lipinski definition) is 2. The second-order valence-corrected chi connectivity index (χ2v) is 7.69. The average molecular weight is 425 g/mol. The van der Waals surface area contributed by atoms with Crippen molar-refractivity contribution >= 4 is 35.3 Å². The van der Waals surface area contributed by atoms with Crippen LogP contribution in [0.15, 0.2) is 47.6 Å². The van der Waals surface area contributed by atoms with Crippen LogP contribution in [0.5, 0.6) is 0 Å². The molecule has 5 nitrogen and oxygen atoms in total. The van der Waals surface area contributed by atoms with E-state index in [4.69, 9.17) is 23.2 Å². The van der Waals surface area contributed by atoms with E-state index in [0.29, 0.717) is 6.54 Å². The van der Waals surface area contributed by atoms with Gasteiger partial charge in [-0.15, -0.1) is 0 Å². The van der Waals surface area contributed by atoms with Crippen LogP contribution >= 0.6 is 23.2 Å². The number of amides is 1. The van der Waals surface area contributed by atoms with Crippen molar-refractivity contribution in [2.24, 2.45) is 5.10 Å². The van der Waals surface area contributed by atoms with Gasteiger partial charge in [-0.1, -0.05) is 47.5 Å². The van der Waals surface area contributed by atoms with Crippen molar-refractivity contribution in [2.45, 2.75) is 6.54 Å². The van der Waals surface area contributed by atoms with Gasteiger partial charge in [0.05, 0.1) is 11.2 Å². The summed E-state index contributed by atoms with van der Waals surface area (Å²) < 4.78 is 13.7. The second kappa shape index (κ2) is 9.98. The van der Waals surface area contributed by atoms with Crippen LogP contribution in [-0.2, 0) is 11.3 Å². The first-order valence-electron chi connectivity index (χ1n) is 9.19. The Morgan fingerprint density at radius 2 is 1.71 bits per heavy atom. The standard InChI is InChI=1S/C20H21Cl2FN4O/c21-17-5-2-1-4-15(17)13-26-8-10-27(11-9-26)14-20(28)25-24-12-16-18(22)6-3-7-19(16)23/h1-7,12H,8-11,13-14H2,(H,25,28)/p+2. The topological polar surface area (TPSA) is 50.3 Å². The molecule has 1 saturated heterocycles. The molecule has 148 valence electrons. The maximum absolute atomic E-state index is 13.7. The molecule has 0 saturated carbocycles. The molecule has 0 radical (unpaired) electrons. The van der Waals surface area contributed by atoms with E-state index in [1.54, 1.807) is 6.07 Å². The van der Waals surface area contributed by atoms with Gasteiger partial charge in [0.1, 0.15) is 38.5 Å². The maximum Gasteiger partial charge on any atom is 0.295 e. The lowest BCUT2D eigenvalue weighted by Gasteiger charge is -2.29. The number of halogens is 3. The molecule has 1 aliphatic rings. The third-order valence-corrected chi connectivity index (χ3v) is 5.55. The Kier molecular flexibility index (Phi) is 7.39. The predicted octanol–water partition coefficient (Wildman–Crippen LogP) is 0.566. The summed E-state index contributed by atoms with van der Waals surface area (Å²) in [7, 11) is 0. The van der Waals surface area contributed by atoms with Crippen LogP contribution in [-0.4, -0.2) is 44.8 Å². The number of benzene rings is 2. The number of quaternary nitrogens is 2. The predicted molar refractivity (Wildman–Crippen MR) is 109 cm³/mol. The number of piperazine rings is 1. The van der Waals surface area contributed by atoms with Crippen molar-refractivity contribution in [3.05, 3.63) is 69.5 Å². The van der Waals surface area contributed by atoms with Crippen molar-refractivity contribution in [3.63, 3.8) is 0 Å². The van der Waals surface area contributed by atoms with Crippen LogP contribution in [0.2, 0.25) is 10.0 Å². The molecule has 0 aromatic heterocycles. The lowest BCUT2D eigenvalue weighted by atomic mass is 10.2. The molecule has 3 N–H and O–H groups in total. The minimum absolute atomic E-state index is 0.161. The molecule has 3 rings (SSSR count). The first-order chi connectivity index (χ1) is 13.5. The van der Waals surface area contributed by atoms with Gasteiger partial charge in [-0.3, -0.25) is 4.79 Å². The van der Waals surface area contributed by atoms with Crippen molar-refractivity contribution in [2.75, 3.05) is 32.7 Å². The number of nitrogens with zero attached hydrogens (tertiary/aromatic N) is 1. The Morgan fingerprint density at radius 1 is 1.04 bits per heavy atom. The molecule has 28 heavy (non-hydrogen) atoms. The summed E-state index contributed by atoms with van der Waals surface area (Å²) in [6, 6.07) is 12.3. The Hall–Kier alpha value is -1.99. The Bertz CT molecular complexity index is 834. The first kappa shape index (κ1) is 20.7.